The van der Waals surface area contributed by atoms with Crippen LogP contribution < -0.4 is 9.64 Å². The van der Waals surface area contributed by atoms with Crippen LogP contribution in [0.2, 0.25) is 10.0 Å². The summed E-state index contributed by atoms with van der Waals surface area (Å²) < 4.78 is 15.3. The smallest absolute Gasteiger partial charge is 0.257 e. The summed E-state index contributed by atoms with van der Waals surface area (Å²) in [6.45, 7) is 10.4. The lowest BCUT2D eigenvalue weighted by atomic mass is 9.76. The van der Waals surface area contributed by atoms with Gasteiger partial charge in [-0.1, -0.05) is 47.5 Å². The molecule has 0 bridgehead atoms. The number of nitrogens with zero attached hydrogens (tertiary/aromatic N) is 9. The standard InChI is InChI=1S/C38H45Cl2N9O3/c1-3-52-22-21-49-34-8-5-4-7-33(34)42-37(49)46-16-6-15-45(19-20-46)17-13-38(29-10-11-31(39)32(40)24-29)14-18-47(26-38)36(50)30-23-28(9-12-35(30)51-2)25-48-27-41-43-44-48/h4-5,7-12,23-24,27H,3,6,13-22,25-26H2,1-2H3. The number of likely N-dealkylation sites (tertiary alicyclic amines) is 1. The molecule has 0 radical (unpaired) electrons. The lowest BCUT2D eigenvalue weighted by molar-refractivity contribution is 0.0777. The van der Waals surface area contributed by atoms with Gasteiger partial charge in [0.15, 0.2) is 0 Å². The van der Waals surface area contributed by atoms with Gasteiger partial charge in [0.05, 0.1) is 46.9 Å². The van der Waals surface area contributed by atoms with Crippen LogP contribution in [-0.2, 0) is 23.2 Å². The van der Waals surface area contributed by atoms with Crippen molar-refractivity contribution in [2.45, 2.75) is 44.7 Å². The Morgan fingerprint density at radius 1 is 0.962 bits per heavy atom. The van der Waals surface area contributed by atoms with Gasteiger partial charge in [0.2, 0.25) is 5.95 Å². The number of hydrogen-bond acceptors (Lipinski definition) is 9. The second-order valence-corrected chi connectivity index (χ2v) is 14.4. The Hall–Kier alpha value is -4.23. The average Bonchev–Trinajstić information content (AvgIpc) is 3.88. The number of carbonyl (C=O) groups excluding carboxylic acids is 1. The molecule has 12 nitrogen and oxygen atoms in total. The molecular weight excluding hydrogens is 701 g/mol. The number of rotatable bonds is 13. The van der Waals surface area contributed by atoms with Gasteiger partial charge in [0.1, 0.15) is 12.1 Å². The van der Waals surface area contributed by atoms with Crippen LogP contribution in [0.1, 0.15) is 47.7 Å². The van der Waals surface area contributed by atoms with Gasteiger partial charge in [0, 0.05) is 51.3 Å². The molecule has 3 aromatic carbocycles. The largest absolute Gasteiger partial charge is 0.496 e. The van der Waals surface area contributed by atoms with Crippen LogP contribution in [0.3, 0.4) is 0 Å². The molecule has 2 aromatic heterocycles. The van der Waals surface area contributed by atoms with Crippen molar-refractivity contribution in [1.29, 1.82) is 0 Å². The molecule has 4 heterocycles. The predicted octanol–water partition coefficient (Wildman–Crippen LogP) is 5.81. The number of benzene rings is 3. The summed E-state index contributed by atoms with van der Waals surface area (Å²) in [7, 11) is 1.59. The van der Waals surface area contributed by atoms with Crippen LogP contribution in [-0.4, -0.2) is 112 Å². The Balaban J connectivity index is 1.08. The van der Waals surface area contributed by atoms with Crippen molar-refractivity contribution in [2.75, 3.05) is 71.0 Å². The maximum atomic E-state index is 14.2. The number of para-hydroxylation sites is 2. The Kier molecular flexibility index (Phi) is 11.3. The van der Waals surface area contributed by atoms with Gasteiger partial charge >= 0.3 is 0 Å². The molecule has 2 saturated heterocycles. The van der Waals surface area contributed by atoms with Crippen LogP contribution in [0.5, 0.6) is 5.75 Å². The highest BCUT2D eigenvalue weighted by molar-refractivity contribution is 6.42. The highest BCUT2D eigenvalue weighted by Crippen LogP contribution is 2.41. The number of halogens is 2. The van der Waals surface area contributed by atoms with E-state index in [1.54, 1.807) is 18.1 Å². The van der Waals surface area contributed by atoms with Gasteiger partial charge in [0.25, 0.3) is 5.91 Å². The van der Waals surface area contributed by atoms with Crippen molar-refractivity contribution in [1.82, 2.24) is 39.6 Å². The summed E-state index contributed by atoms with van der Waals surface area (Å²) in [6, 6.07) is 19.9. The molecule has 2 aliphatic rings. The van der Waals surface area contributed by atoms with E-state index >= 15 is 0 Å². The van der Waals surface area contributed by atoms with Gasteiger partial charge in [-0.05, 0) is 97.2 Å². The molecule has 274 valence electrons. The molecule has 2 fully saturated rings. The van der Waals surface area contributed by atoms with Gasteiger partial charge in [-0.25, -0.2) is 9.67 Å². The normalized spacial score (nSPS) is 18.3. The van der Waals surface area contributed by atoms with E-state index in [0.29, 0.717) is 54.2 Å². The quantitative estimate of drug-likeness (QED) is 0.138. The number of ether oxygens (including phenoxy) is 2. The number of tetrazole rings is 1. The summed E-state index contributed by atoms with van der Waals surface area (Å²) >= 11 is 13.0. The van der Waals surface area contributed by atoms with Crippen LogP contribution in [0.4, 0.5) is 5.95 Å². The lowest BCUT2D eigenvalue weighted by Crippen LogP contribution is -2.39. The van der Waals surface area contributed by atoms with Crippen molar-refractivity contribution in [3.63, 3.8) is 0 Å². The van der Waals surface area contributed by atoms with E-state index in [1.807, 2.05) is 48.2 Å². The number of hydrogen-bond donors (Lipinski definition) is 0. The highest BCUT2D eigenvalue weighted by atomic mass is 35.5. The van der Waals surface area contributed by atoms with Gasteiger partial charge in [-0.2, -0.15) is 0 Å². The van der Waals surface area contributed by atoms with Crippen LogP contribution in [0, 0.1) is 0 Å². The summed E-state index contributed by atoms with van der Waals surface area (Å²) in [4.78, 5) is 26.3. The average molecular weight is 747 g/mol. The van der Waals surface area contributed by atoms with Crippen LogP contribution >= 0.6 is 23.2 Å². The van der Waals surface area contributed by atoms with E-state index in [4.69, 9.17) is 37.7 Å². The highest BCUT2D eigenvalue weighted by Gasteiger charge is 2.42. The van der Waals surface area contributed by atoms with E-state index < -0.39 is 0 Å². The first-order chi connectivity index (χ1) is 25.4. The van der Waals surface area contributed by atoms with Crippen molar-refractivity contribution >= 4 is 46.1 Å². The topological polar surface area (TPSA) is 107 Å². The molecule has 1 unspecified atom stereocenters. The van der Waals surface area contributed by atoms with E-state index in [0.717, 1.165) is 86.6 Å². The number of aromatic nitrogens is 6. The summed E-state index contributed by atoms with van der Waals surface area (Å²) in [5.41, 5.74) is 4.40. The first-order valence-electron chi connectivity index (χ1n) is 18.0. The number of anilines is 1. The van der Waals surface area contributed by atoms with Crippen LogP contribution in [0.15, 0.2) is 67.0 Å². The molecule has 7 rings (SSSR count). The van der Waals surface area contributed by atoms with Crippen molar-refractivity contribution in [3.05, 3.63) is 93.7 Å². The third-order valence-electron chi connectivity index (χ3n) is 10.5. The van der Waals surface area contributed by atoms with E-state index in [2.05, 4.69) is 54.2 Å². The Morgan fingerprint density at radius 2 is 1.85 bits per heavy atom. The van der Waals surface area contributed by atoms with Gasteiger partial charge in [-0.3, -0.25) is 4.79 Å². The molecule has 5 aromatic rings. The number of methoxy groups -OCH3 is 1. The molecule has 0 aliphatic carbocycles. The lowest BCUT2D eigenvalue weighted by Gasteiger charge is -2.33. The van der Waals surface area contributed by atoms with E-state index in [1.165, 1.54) is 0 Å². The zero-order valence-electron chi connectivity index (χ0n) is 29.8. The molecule has 14 heteroatoms. The third-order valence-corrected chi connectivity index (χ3v) is 11.2. The zero-order valence-corrected chi connectivity index (χ0v) is 31.3. The van der Waals surface area contributed by atoms with Crippen molar-refractivity contribution in [3.8, 4) is 5.75 Å². The molecule has 1 atom stereocenters. The Labute approximate surface area is 314 Å². The minimum atomic E-state index is -0.291. The van der Waals surface area contributed by atoms with Crippen molar-refractivity contribution < 1.29 is 14.3 Å². The summed E-state index contributed by atoms with van der Waals surface area (Å²) in [6.07, 6.45) is 4.27. The number of fused-ring (bicyclic) bond motifs is 1. The Bertz CT molecular complexity index is 1990. The van der Waals surface area contributed by atoms with Gasteiger partial charge in [-0.15, -0.1) is 5.10 Å². The molecule has 0 saturated carbocycles. The van der Waals surface area contributed by atoms with E-state index in [9.17, 15) is 4.79 Å². The maximum Gasteiger partial charge on any atom is 0.257 e. The fourth-order valence-corrected chi connectivity index (χ4v) is 7.98. The number of imidazole rings is 1. The first-order valence-corrected chi connectivity index (χ1v) is 18.8. The molecule has 0 spiro atoms. The Morgan fingerprint density at radius 3 is 2.65 bits per heavy atom. The molecule has 0 N–H and O–H groups in total. The zero-order chi connectivity index (χ0) is 36.1. The second-order valence-electron chi connectivity index (χ2n) is 13.6. The van der Waals surface area contributed by atoms with Gasteiger partial charge < -0.3 is 28.7 Å². The van der Waals surface area contributed by atoms with Crippen molar-refractivity contribution in [2.24, 2.45) is 0 Å². The van der Waals surface area contributed by atoms with Crippen LogP contribution in [0.25, 0.3) is 11.0 Å². The maximum absolute atomic E-state index is 14.2. The SMILES string of the molecule is CCOCCn1c(N2CCCN(CCC3(c4ccc(Cl)c(Cl)c4)CCN(C(=O)c4cc(Cn5cnnn5)ccc4OC)C3)CC2)nc2ccccc21. The second kappa shape index (κ2) is 16.2. The first kappa shape index (κ1) is 36.1. The fourth-order valence-electron chi connectivity index (χ4n) is 7.68. The minimum Gasteiger partial charge on any atom is -0.496 e. The fraction of sp³-hybridized carbons (Fsp3) is 0.447. The molecule has 2 aliphatic heterocycles. The molecule has 1 amide bonds. The molecule has 52 heavy (non-hydrogen) atoms. The summed E-state index contributed by atoms with van der Waals surface area (Å²) in [5.74, 6) is 1.49. The minimum absolute atomic E-state index is 0.0602. The molecular formula is C38H45Cl2N9O3. The monoisotopic (exact) mass is 745 g/mol. The summed E-state index contributed by atoms with van der Waals surface area (Å²) in [5, 5.41) is 12.5. The number of carbonyl (C=O) groups is 1. The third kappa shape index (κ3) is 7.75. The van der Waals surface area contributed by atoms with E-state index in [-0.39, 0.29) is 11.3 Å². The predicted molar refractivity (Wildman–Crippen MR) is 203 cm³/mol. The number of amides is 1.